The molecule has 5 nitrogen and oxygen atoms in total. The van der Waals surface area contributed by atoms with Crippen molar-refractivity contribution in [3.8, 4) is 0 Å². The maximum absolute atomic E-state index is 12.2. The Balaban J connectivity index is 1.71. The lowest BCUT2D eigenvalue weighted by atomic mass is 9.96. The minimum absolute atomic E-state index is 0.165. The number of pyridine rings is 1. The first-order chi connectivity index (χ1) is 11.7. The topological polar surface area (TPSA) is 67.8 Å². The van der Waals surface area contributed by atoms with Crippen LogP contribution in [0.4, 0.5) is 5.69 Å². The Labute approximate surface area is 140 Å². The van der Waals surface area contributed by atoms with Crippen molar-refractivity contribution < 1.29 is 4.79 Å². The maximum atomic E-state index is 12.2. The van der Waals surface area contributed by atoms with Gasteiger partial charge in [-0.3, -0.25) is 19.7 Å². The molecule has 24 heavy (non-hydrogen) atoms. The van der Waals surface area contributed by atoms with Crippen molar-refractivity contribution in [2.45, 2.75) is 19.3 Å². The fourth-order valence-electron chi connectivity index (χ4n) is 2.49. The van der Waals surface area contributed by atoms with Gasteiger partial charge < -0.3 is 5.32 Å². The SMILES string of the molecule is C[C@H](Cc1cnccn1)c1cccc(NC(=O)c2cccnc2)c1. The number of amides is 1. The molecule has 1 amide bonds. The van der Waals surface area contributed by atoms with Crippen LogP contribution in [0.5, 0.6) is 0 Å². The van der Waals surface area contributed by atoms with E-state index in [0.29, 0.717) is 5.56 Å². The van der Waals surface area contributed by atoms with Crippen LogP contribution in [0.3, 0.4) is 0 Å². The van der Waals surface area contributed by atoms with Gasteiger partial charge in [-0.15, -0.1) is 0 Å². The molecule has 0 aliphatic heterocycles. The number of aromatic nitrogens is 3. The van der Waals surface area contributed by atoms with Crippen molar-refractivity contribution in [2.75, 3.05) is 5.32 Å². The summed E-state index contributed by atoms with van der Waals surface area (Å²) in [5, 5.41) is 2.91. The highest BCUT2D eigenvalue weighted by molar-refractivity contribution is 6.04. The second-order valence-corrected chi connectivity index (χ2v) is 5.62. The zero-order valence-electron chi connectivity index (χ0n) is 13.4. The van der Waals surface area contributed by atoms with Crippen LogP contribution in [-0.2, 0) is 6.42 Å². The Morgan fingerprint density at radius 2 is 1.96 bits per heavy atom. The zero-order valence-corrected chi connectivity index (χ0v) is 13.4. The Morgan fingerprint density at radius 1 is 1.08 bits per heavy atom. The number of rotatable bonds is 5. The van der Waals surface area contributed by atoms with Crippen LogP contribution in [0.2, 0.25) is 0 Å². The number of carbonyl (C=O) groups excluding carboxylic acids is 1. The van der Waals surface area contributed by atoms with Gasteiger partial charge in [0.2, 0.25) is 0 Å². The summed E-state index contributed by atoms with van der Waals surface area (Å²) in [6.45, 7) is 2.14. The van der Waals surface area contributed by atoms with Crippen molar-refractivity contribution in [1.82, 2.24) is 15.0 Å². The lowest BCUT2D eigenvalue weighted by Crippen LogP contribution is -2.12. The van der Waals surface area contributed by atoms with E-state index in [-0.39, 0.29) is 11.8 Å². The van der Waals surface area contributed by atoms with E-state index in [0.717, 1.165) is 23.4 Å². The van der Waals surface area contributed by atoms with Crippen LogP contribution < -0.4 is 5.32 Å². The Morgan fingerprint density at radius 3 is 2.71 bits per heavy atom. The molecule has 0 radical (unpaired) electrons. The van der Waals surface area contributed by atoms with E-state index < -0.39 is 0 Å². The van der Waals surface area contributed by atoms with E-state index in [1.54, 1.807) is 43.1 Å². The van der Waals surface area contributed by atoms with Crippen LogP contribution in [0.15, 0.2) is 67.4 Å². The molecule has 0 fully saturated rings. The molecule has 0 aliphatic carbocycles. The molecule has 2 aromatic heterocycles. The second-order valence-electron chi connectivity index (χ2n) is 5.62. The van der Waals surface area contributed by atoms with E-state index in [1.807, 2.05) is 18.2 Å². The summed E-state index contributed by atoms with van der Waals surface area (Å²) in [7, 11) is 0. The monoisotopic (exact) mass is 318 g/mol. The zero-order chi connectivity index (χ0) is 16.8. The first kappa shape index (κ1) is 15.8. The third-order valence-electron chi connectivity index (χ3n) is 3.77. The third-order valence-corrected chi connectivity index (χ3v) is 3.77. The second kappa shape index (κ2) is 7.46. The highest BCUT2D eigenvalue weighted by atomic mass is 16.1. The van der Waals surface area contributed by atoms with Crippen LogP contribution in [-0.4, -0.2) is 20.9 Å². The van der Waals surface area contributed by atoms with Crippen molar-refractivity contribution in [3.05, 3.63) is 84.2 Å². The molecule has 1 N–H and O–H groups in total. The predicted molar refractivity (Wildman–Crippen MR) is 92.8 cm³/mol. The summed E-state index contributed by atoms with van der Waals surface area (Å²) in [6.07, 6.45) is 9.15. The van der Waals surface area contributed by atoms with Gasteiger partial charge in [0.15, 0.2) is 0 Å². The summed E-state index contributed by atoms with van der Waals surface area (Å²) in [5.41, 5.74) is 3.40. The maximum Gasteiger partial charge on any atom is 0.257 e. The van der Waals surface area contributed by atoms with Gasteiger partial charge in [0.1, 0.15) is 0 Å². The number of hydrogen-bond donors (Lipinski definition) is 1. The number of benzene rings is 1. The molecule has 0 aliphatic rings. The van der Waals surface area contributed by atoms with Crippen molar-refractivity contribution in [1.29, 1.82) is 0 Å². The molecule has 0 saturated heterocycles. The molecule has 1 atom stereocenters. The van der Waals surface area contributed by atoms with Gasteiger partial charge in [0, 0.05) is 36.7 Å². The smallest absolute Gasteiger partial charge is 0.257 e. The van der Waals surface area contributed by atoms with Crippen LogP contribution >= 0.6 is 0 Å². The summed E-state index contributed by atoms with van der Waals surface area (Å²) < 4.78 is 0. The lowest BCUT2D eigenvalue weighted by Gasteiger charge is -2.13. The number of hydrogen-bond acceptors (Lipinski definition) is 4. The predicted octanol–water partition coefficient (Wildman–Crippen LogP) is 3.47. The van der Waals surface area contributed by atoms with Gasteiger partial charge in [-0.05, 0) is 42.2 Å². The molecule has 3 rings (SSSR count). The molecule has 120 valence electrons. The fourth-order valence-corrected chi connectivity index (χ4v) is 2.49. The van der Waals surface area contributed by atoms with Crippen LogP contribution in [0.1, 0.15) is 34.5 Å². The molecule has 2 heterocycles. The summed E-state index contributed by atoms with van der Waals surface area (Å²) in [4.78, 5) is 24.6. The van der Waals surface area contributed by atoms with Gasteiger partial charge >= 0.3 is 0 Å². The van der Waals surface area contributed by atoms with Crippen molar-refractivity contribution >= 4 is 11.6 Å². The molecular formula is C19H18N4O. The van der Waals surface area contributed by atoms with E-state index in [1.165, 1.54) is 0 Å². The number of nitrogens with one attached hydrogen (secondary N) is 1. The Hall–Kier alpha value is -3.08. The minimum atomic E-state index is -0.165. The normalized spacial score (nSPS) is 11.7. The molecule has 1 aromatic carbocycles. The molecule has 5 heteroatoms. The van der Waals surface area contributed by atoms with Gasteiger partial charge in [0.25, 0.3) is 5.91 Å². The minimum Gasteiger partial charge on any atom is -0.322 e. The van der Waals surface area contributed by atoms with Crippen LogP contribution in [0, 0.1) is 0 Å². The summed E-state index contributed by atoms with van der Waals surface area (Å²) in [6, 6.07) is 11.4. The average Bonchev–Trinajstić information content (AvgIpc) is 2.63. The molecular weight excluding hydrogens is 300 g/mol. The average molecular weight is 318 g/mol. The highest BCUT2D eigenvalue weighted by Gasteiger charge is 2.10. The standard InChI is InChI=1S/C19H18N4O/c1-14(10-18-13-21-8-9-22-18)15-4-2-6-17(11-15)23-19(24)16-5-3-7-20-12-16/h2-9,11-14H,10H2,1H3,(H,23,24)/t14-/m1/s1. The summed E-state index contributed by atoms with van der Waals surface area (Å²) >= 11 is 0. The molecule has 3 aromatic rings. The van der Waals surface area contributed by atoms with E-state index in [2.05, 4.69) is 33.3 Å². The van der Waals surface area contributed by atoms with E-state index in [4.69, 9.17) is 0 Å². The van der Waals surface area contributed by atoms with Gasteiger partial charge in [-0.2, -0.15) is 0 Å². The molecule has 0 unspecified atom stereocenters. The number of carbonyl (C=O) groups is 1. The molecule has 0 saturated carbocycles. The highest BCUT2D eigenvalue weighted by Crippen LogP contribution is 2.22. The Bertz CT molecular complexity index is 806. The van der Waals surface area contributed by atoms with E-state index in [9.17, 15) is 4.79 Å². The lowest BCUT2D eigenvalue weighted by molar-refractivity contribution is 0.102. The Kier molecular flexibility index (Phi) is 4.91. The number of nitrogens with zero attached hydrogens (tertiary/aromatic N) is 3. The van der Waals surface area contributed by atoms with E-state index >= 15 is 0 Å². The van der Waals surface area contributed by atoms with Gasteiger partial charge in [0.05, 0.1) is 11.3 Å². The first-order valence-electron chi connectivity index (χ1n) is 7.78. The number of anilines is 1. The fraction of sp³-hybridized carbons (Fsp3) is 0.158. The van der Waals surface area contributed by atoms with Gasteiger partial charge in [-0.25, -0.2) is 0 Å². The third kappa shape index (κ3) is 4.01. The van der Waals surface area contributed by atoms with Crippen molar-refractivity contribution in [2.24, 2.45) is 0 Å². The van der Waals surface area contributed by atoms with Gasteiger partial charge in [-0.1, -0.05) is 19.1 Å². The van der Waals surface area contributed by atoms with Crippen molar-refractivity contribution in [3.63, 3.8) is 0 Å². The summed E-state index contributed by atoms with van der Waals surface area (Å²) in [5.74, 6) is 0.110. The quantitative estimate of drug-likeness (QED) is 0.782. The molecule has 0 bridgehead atoms. The van der Waals surface area contributed by atoms with Crippen LogP contribution in [0.25, 0.3) is 0 Å². The first-order valence-corrected chi connectivity index (χ1v) is 7.78. The molecule has 0 spiro atoms. The largest absolute Gasteiger partial charge is 0.322 e.